The monoisotopic (exact) mass is 155 g/mol. The molecule has 0 bridgehead atoms. The van der Waals surface area contributed by atoms with Crippen LogP contribution in [0.25, 0.3) is 0 Å². The molecule has 0 spiro atoms. The average molecular weight is 155 g/mol. The maximum Gasteiger partial charge on any atom is 0.244 e. The predicted molar refractivity (Wildman–Crippen MR) is 41.9 cm³/mol. The molecule has 0 aliphatic carbocycles. The van der Waals surface area contributed by atoms with E-state index in [-0.39, 0.29) is 5.92 Å². The Kier molecular flexibility index (Phi) is 2.65. The van der Waals surface area contributed by atoms with Crippen LogP contribution >= 0.6 is 0 Å². The summed E-state index contributed by atoms with van der Waals surface area (Å²) in [5, 5.41) is 0. The molecule has 0 saturated carbocycles. The number of carbonyl (C=O) groups excluding carboxylic acids is 1. The second-order valence-corrected chi connectivity index (χ2v) is 2.80. The van der Waals surface area contributed by atoms with E-state index in [1.165, 1.54) is 0 Å². The van der Waals surface area contributed by atoms with Gasteiger partial charge in [-0.2, -0.15) is 0 Å². The van der Waals surface area contributed by atoms with Gasteiger partial charge >= 0.3 is 0 Å². The van der Waals surface area contributed by atoms with Gasteiger partial charge in [0.05, 0.1) is 6.61 Å². The van der Waals surface area contributed by atoms with E-state index in [9.17, 15) is 4.79 Å². The molecular weight excluding hydrogens is 142 g/mol. The van der Waals surface area contributed by atoms with Crippen molar-refractivity contribution >= 4 is 5.91 Å². The van der Waals surface area contributed by atoms with E-state index >= 15 is 0 Å². The Morgan fingerprint density at radius 3 is 2.82 bits per heavy atom. The summed E-state index contributed by atoms with van der Waals surface area (Å²) < 4.78 is 5.18. The first-order valence-corrected chi connectivity index (χ1v) is 3.78. The topological polar surface area (TPSA) is 52.3 Å². The van der Waals surface area contributed by atoms with E-state index in [2.05, 4.69) is 6.58 Å². The van der Waals surface area contributed by atoms with Gasteiger partial charge in [-0.05, 0) is 12.8 Å². The van der Waals surface area contributed by atoms with Gasteiger partial charge in [-0.25, -0.2) is 0 Å². The Balaban J connectivity index is 2.45. The van der Waals surface area contributed by atoms with Crippen LogP contribution in [0.1, 0.15) is 12.8 Å². The highest BCUT2D eigenvalue weighted by Gasteiger charge is 2.19. The van der Waals surface area contributed by atoms with Crippen molar-refractivity contribution in [3.8, 4) is 0 Å². The standard InChI is InChI=1S/C8H13NO2/c1-6(8(9)10)7-3-2-4-11-5-7/h7H,1-5H2,(H2,9,10)/t7-/m1/s1. The molecule has 1 atom stereocenters. The molecule has 0 radical (unpaired) electrons. The van der Waals surface area contributed by atoms with E-state index in [0.29, 0.717) is 12.2 Å². The molecule has 2 N–H and O–H groups in total. The summed E-state index contributed by atoms with van der Waals surface area (Å²) >= 11 is 0. The lowest BCUT2D eigenvalue weighted by molar-refractivity contribution is -0.115. The number of ether oxygens (including phenoxy) is 1. The zero-order valence-electron chi connectivity index (χ0n) is 6.51. The Hall–Kier alpha value is -0.830. The largest absolute Gasteiger partial charge is 0.381 e. The summed E-state index contributed by atoms with van der Waals surface area (Å²) in [6.07, 6.45) is 1.97. The normalized spacial score (nSPS) is 24.5. The van der Waals surface area contributed by atoms with Crippen LogP contribution in [0.4, 0.5) is 0 Å². The molecule has 0 aromatic rings. The summed E-state index contributed by atoms with van der Waals surface area (Å²) in [5.41, 5.74) is 5.58. The quantitative estimate of drug-likeness (QED) is 0.589. The SMILES string of the molecule is C=C(C(N)=O)[C@@H]1CCCOC1. The van der Waals surface area contributed by atoms with Crippen LogP contribution in [0.2, 0.25) is 0 Å². The molecule has 1 heterocycles. The van der Waals surface area contributed by atoms with Crippen molar-refractivity contribution in [2.45, 2.75) is 12.8 Å². The van der Waals surface area contributed by atoms with Crippen molar-refractivity contribution in [1.29, 1.82) is 0 Å². The Labute approximate surface area is 66.2 Å². The average Bonchev–Trinajstić information content (AvgIpc) is 2.05. The van der Waals surface area contributed by atoms with Gasteiger partial charge in [-0.1, -0.05) is 6.58 Å². The van der Waals surface area contributed by atoms with Crippen molar-refractivity contribution in [1.82, 2.24) is 0 Å². The molecule has 1 aliphatic rings. The number of hydrogen-bond acceptors (Lipinski definition) is 2. The molecule has 0 aromatic heterocycles. The van der Waals surface area contributed by atoms with Crippen LogP contribution in [0, 0.1) is 5.92 Å². The number of rotatable bonds is 2. The third-order valence-corrected chi connectivity index (χ3v) is 1.97. The molecule has 1 aliphatic heterocycles. The van der Waals surface area contributed by atoms with Gasteiger partial charge in [-0.15, -0.1) is 0 Å². The van der Waals surface area contributed by atoms with E-state index in [4.69, 9.17) is 10.5 Å². The van der Waals surface area contributed by atoms with Crippen molar-refractivity contribution in [2.24, 2.45) is 11.7 Å². The van der Waals surface area contributed by atoms with Crippen molar-refractivity contribution in [3.63, 3.8) is 0 Å². The van der Waals surface area contributed by atoms with Gasteiger partial charge in [0.15, 0.2) is 0 Å². The van der Waals surface area contributed by atoms with E-state index in [1.54, 1.807) is 0 Å². The van der Waals surface area contributed by atoms with Crippen molar-refractivity contribution in [2.75, 3.05) is 13.2 Å². The highest BCUT2D eigenvalue weighted by Crippen LogP contribution is 2.19. The lowest BCUT2D eigenvalue weighted by Gasteiger charge is -2.22. The molecule has 1 fully saturated rings. The second-order valence-electron chi connectivity index (χ2n) is 2.80. The molecular formula is C8H13NO2. The number of nitrogens with two attached hydrogens (primary N) is 1. The van der Waals surface area contributed by atoms with Gasteiger partial charge in [0.25, 0.3) is 0 Å². The summed E-state index contributed by atoms with van der Waals surface area (Å²) in [7, 11) is 0. The zero-order valence-corrected chi connectivity index (χ0v) is 6.51. The van der Waals surface area contributed by atoms with Crippen molar-refractivity contribution < 1.29 is 9.53 Å². The number of carbonyl (C=O) groups is 1. The maximum absolute atomic E-state index is 10.7. The van der Waals surface area contributed by atoms with Crippen LogP contribution in [0.15, 0.2) is 12.2 Å². The Morgan fingerprint density at radius 1 is 1.64 bits per heavy atom. The van der Waals surface area contributed by atoms with Crippen molar-refractivity contribution in [3.05, 3.63) is 12.2 Å². The number of amides is 1. The summed E-state index contributed by atoms with van der Waals surface area (Å²) in [6.45, 7) is 5.02. The number of hydrogen-bond donors (Lipinski definition) is 1. The van der Waals surface area contributed by atoms with Crippen LogP contribution in [-0.2, 0) is 9.53 Å². The second kappa shape index (κ2) is 3.53. The lowest BCUT2D eigenvalue weighted by Crippen LogP contribution is -2.26. The third kappa shape index (κ3) is 2.05. The molecule has 1 rings (SSSR count). The highest BCUT2D eigenvalue weighted by molar-refractivity contribution is 5.91. The summed E-state index contributed by atoms with van der Waals surface area (Å²) in [5.74, 6) is -0.248. The first-order valence-electron chi connectivity index (χ1n) is 3.78. The first-order chi connectivity index (χ1) is 5.22. The minimum absolute atomic E-state index is 0.154. The fraction of sp³-hybridized carbons (Fsp3) is 0.625. The number of primary amides is 1. The smallest absolute Gasteiger partial charge is 0.244 e. The Bertz CT molecular complexity index is 171. The molecule has 0 unspecified atom stereocenters. The van der Waals surface area contributed by atoms with Crippen LogP contribution in [0.5, 0.6) is 0 Å². The van der Waals surface area contributed by atoms with Gasteiger partial charge < -0.3 is 10.5 Å². The minimum atomic E-state index is -0.402. The van der Waals surface area contributed by atoms with Crippen LogP contribution < -0.4 is 5.73 Å². The fourth-order valence-electron chi connectivity index (χ4n) is 1.22. The molecule has 11 heavy (non-hydrogen) atoms. The van der Waals surface area contributed by atoms with Gasteiger partial charge in [-0.3, -0.25) is 4.79 Å². The zero-order chi connectivity index (χ0) is 8.27. The molecule has 3 nitrogen and oxygen atoms in total. The van der Waals surface area contributed by atoms with Gasteiger partial charge in [0.1, 0.15) is 0 Å². The predicted octanol–water partition coefficient (Wildman–Crippen LogP) is 0.454. The summed E-state index contributed by atoms with van der Waals surface area (Å²) in [6, 6.07) is 0. The first kappa shape index (κ1) is 8.27. The Morgan fingerprint density at radius 2 is 2.36 bits per heavy atom. The highest BCUT2D eigenvalue weighted by atomic mass is 16.5. The molecule has 1 saturated heterocycles. The molecule has 1 amide bonds. The summed E-state index contributed by atoms with van der Waals surface area (Å²) in [4.78, 5) is 10.7. The molecule has 62 valence electrons. The van der Waals surface area contributed by atoms with Crippen LogP contribution in [0.3, 0.4) is 0 Å². The van der Waals surface area contributed by atoms with E-state index < -0.39 is 5.91 Å². The maximum atomic E-state index is 10.7. The van der Waals surface area contributed by atoms with Crippen LogP contribution in [-0.4, -0.2) is 19.1 Å². The fourth-order valence-corrected chi connectivity index (χ4v) is 1.22. The van der Waals surface area contributed by atoms with E-state index in [1.807, 2.05) is 0 Å². The molecule has 0 aromatic carbocycles. The third-order valence-electron chi connectivity index (χ3n) is 1.97. The van der Waals surface area contributed by atoms with Gasteiger partial charge in [0, 0.05) is 18.1 Å². The van der Waals surface area contributed by atoms with Gasteiger partial charge in [0.2, 0.25) is 5.91 Å². The lowest BCUT2D eigenvalue weighted by atomic mass is 9.94. The molecule has 3 heteroatoms. The minimum Gasteiger partial charge on any atom is -0.381 e. The van der Waals surface area contributed by atoms with E-state index in [0.717, 1.165) is 19.4 Å².